The van der Waals surface area contributed by atoms with Crippen LogP contribution in [0.1, 0.15) is 36.6 Å². The van der Waals surface area contributed by atoms with Crippen molar-refractivity contribution in [1.29, 1.82) is 0 Å². The van der Waals surface area contributed by atoms with Gasteiger partial charge < -0.3 is 9.84 Å². The number of hydrogen-bond acceptors (Lipinski definition) is 2. The molecule has 3 rings (SSSR count). The summed E-state index contributed by atoms with van der Waals surface area (Å²) in [7, 11) is 0. The summed E-state index contributed by atoms with van der Waals surface area (Å²) in [6.07, 6.45) is 0.167. The molecule has 3 heteroatoms. The van der Waals surface area contributed by atoms with E-state index in [0.29, 0.717) is 5.02 Å². The first-order chi connectivity index (χ1) is 9.46. The largest absolute Gasteiger partial charge is 0.487 e. The number of benzene rings is 2. The second-order valence-corrected chi connectivity index (χ2v) is 6.26. The molecule has 0 spiro atoms. The van der Waals surface area contributed by atoms with E-state index >= 15 is 0 Å². The van der Waals surface area contributed by atoms with Gasteiger partial charge in [0.2, 0.25) is 0 Å². The predicted molar refractivity (Wildman–Crippen MR) is 80.4 cm³/mol. The normalized spacial score (nSPS) is 17.4. The van der Waals surface area contributed by atoms with Crippen molar-refractivity contribution in [2.24, 2.45) is 0 Å². The molecule has 2 nitrogen and oxygen atoms in total. The molecule has 0 aromatic heterocycles. The summed E-state index contributed by atoms with van der Waals surface area (Å²) in [5, 5.41) is 11.3. The van der Waals surface area contributed by atoms with Gasteiger partial charge in [0.25, 0.3) is 0 Å². The zero-order valence-electron chi connectivity index (χ0n) is 11.6. The van der Waals surface area contributed by atoms with Gasteiger partial charge in [-0.05, 0) is 37.1 Å². The lowest BCUT2D eigenvalue weighted by Gasteiger charge is -2.20. The van der Waals surface area contributed by atoms with Crippen LogP contribution < -0.4 is 4.74 Å². The van der Waals surface area contributed by atoms with Crippen LogP contribution in [0.25, 0.3) is 0 Å². The van der Waals surface area contributed by atoms with Gasteiger partial charge in [0.15, 0.2) is 0 Å². The van der Waals surface area contributed by atoms with E-state index in [-0.39, 0.29) is 5.60 Å². The van der Waals surface area contributed by atoms with Crippen molar-refractivity contribution >= 4 is 11.6 Å². The summed E-state index contributed by atoms with van der Waals surface area (Å²) in [6, 6.07) is 13.2. The van der Waals surface area contributed by atoms with E-state index in [0.717, 1.165) is 28.9 Å². The molecule has 0 radical (unpaired) electrons. The topological polar surface area (TPSA) is 29.5 Å². The molecule has 0 saturated carbocycles. The Balaban J connectivity index is 2.00. The van der Waals surface area contributed by atoms with Gasteiger partial charge in [-0.2, -0.15) is 0 Å². The van der Waals surface area contributed by atoms with E-state index in [9.17, 15) is 5.11 Å². The second-order valence-electron chi connectivity index (χ2n) is 5.83. The van der Waals surface area contributed by atoms with Crippen molar-refractivity contribution in [3.8, 4) is 5.75 Å². The highest BCUT2D eigenvalue weighted by molar-refractivity contribution is 6.30. The number of para-hydroxylation sites is 1. The Morgan fingerprint density at radius 3 is 2.55 bits per heavy atom. The lowest BCUT2D eigenvalue weighted by Crippen LogP contribution is -2.25. The molecule has 0 fully saturated rings. The molecule has 1 atom stereocenters. The summed E-state index contributed by atoms with van der Waals surface area (Å²) < 4.78 is 6.01. The van der Waals surface area contributed by atoms with Gasteiger partial charge in [0.05, 0.1) is 0 Å². The molecule has 1 unspecified atom stereocenters. The summed E-state index contributed by atoms with van der Waals surface area (Å²) in [6.45, 7) is 4.12. The highest BCUT2D eigenvalue weighted by Crippen LogP contribution is 2.41. The van der Waals surface area contributed by atoms with Crippen LogP contribution in [0.2, 0.25) is 5.02 Å². The Labute approximate surface area is 124 Å². The second kappa shape index (κ2) is 4.80. The SMILES string of the molecule is CC1(C)Cc2cccc(C(O)c3ccc(Cl)cc3)c2O1. The van der Waals surface area contributed by atoms with E-state index < -0.39 is 6.10 Å². The third-order valence-electron chi connectivity index (χ3n) is 3.60. The number of aliphatic hydroxyl groups is 1. The predicted octanol–water partition coefficient (Wildman–Crippen LogP) is 4.14. The molecule has 0 amide bonds. The lowest BCUT2D eigenvalue weighted by atomic mass is 9.96. The first-order valence-electron chi connectivity index (χ1n) is 6.71. The molecule has 2 aromatic carbocycles. The van der Waals surface area contributed by atoms with Gasteiger partial charge in [-0.1, -0.05) is 41.9 Å². The minimum atomic E-state index is -0.698. The maximum atomic E-state index is 10.6. The third kappa shape index (κ3) is 2.41. The summed E-state index contributed by atoms with van der Waals surface area (Å²) >= 11 is 5.89. The molecule has 1 N–H and O–H groups in total. The van der Waals surface area contributed by atoms with Gasteiger partial charge in [-0.3, -0.25) is 0 Å². The fraction of sp³-hybridized carbons (Fsp3) is 0.294. The lowest BCUT2D eigenvalue weighted by molar-refractivity contribution is 0.131. The Morgan fingerprint density at radius 2 is 1.85 bits per heavy atom. The number of aliphatic hydroxyl groups excluding tert-OH is 1. The molecule has 1 aliphatic rings. The number of fused-ring (bicyclic) bond motifs is 1. The highest BCUT2D eigenvalue weighted by Gasteiger charge is 2.33. The molecule has 1 aliphatic heterocycles. The van der Waals surface area contributed by atoms with Crippen LogP contribution in [-0.4, -0.2) is 10.7 Å². The Hall–Kier alpha value is -1.51. The molecule has 104 valence electrons. The van der Waals surface area contributed by atoms with E-state index in [1.165, 1.54) is 0 Å². The van der Waals surface area contributed by atoms with Crippen LogP contribution in [0.3, 0.4) is 0 Å². The molecule has 0 aliphatic carbocycles. The van der Waals surface area contributed by atoms with E-state index in [1.807, 2.05) is 24.3 Å². The monoisotopic (exact) mass is 288 g/mol. The van der Waals surface area contributed by atoms with Crippen LogP contribution in [0, 0.1) is 0 Å². The number of rotatable bonds is 2. The Bertz CT molecular complexity index is 632. The van der Waals surface area contributed by atoms with E-state index in [2.05, 4.69) is 19.9 Å². The number of hydrogen-bond donors (Lipinski definition) is 1. The fourth-order valence-electron chi connectivity index (χ4n) is 2.68. The summed E-state index contributed by atoms with van der Waals surface area (Å²) in [5.41, 5.74) is 2.57. The van der Waals surface area contributed by atoms with Crippen molar-refractivity contribution in [1.82, 2.24) is 0 Å². The van der Waals surface area contributed by atoms with Crippen molar-refractivity contribution in [3.05, 3.63) is 64.2 Å². The molecule has 0 bridgehead atoms. The molecule has 1 heterocycles. The van der Waals surface area contributed by atoms with Gasteiger partial charge in [-0.15, -0.1) is 0 Å². The standard InChI is InChI=1S/C17H17ClO2/c1-17(2)10-12-4-3-5-14(16(12)20-17)15(19)11-6-8-13(18)9-7-11/h3-9,15,19H,10H2,1-2H3. The van der Waals surface area contributed by atoms with Crippen molar-refractivity contribution in [3.63, 3.8) is 0 Å². The Kier molecular flexibility index (Phi) is 3.23. The van der Waals surface area contributed by atoms with Crippen LogP contribution in [-0.2, 0) is 6.42 Å². The maximum Gasteiger partial charge on any atom is 0.129 e. The smallest absolute Gasteiger partial charge is 0.129 e. The quantitative estimate of drug-likeness (QED) is 0.900. The third-order valence-corrected chi connectivity index (χ3v) is 3.85. The van der Waals surface area contributed by atoms with Crippen molar-refractivity contribution < 1.29 is 9.84 Å². The molecule has 2 aromatic rings. The zero-order valence-corrected chi connectivity index (χ0v) is 12.3. The van der Waals surface area contributed by atoms with Gasteiger partial charge in [0.1, 0.15) is 17.5 Å². The van der Waals surface area contributed by atoms with E-state index in [1.54, 1.807) is 12.1 Å². The van der Waals surface area contributed by atoms with Crippen molar-refractivity contribution in [2.75, 3.05) is 0 Å². The van der Waals surface area contributed by atoms with Gasteiger partial charge in [-0.25, -0.2) is 0 Å². The van der Waals surface area contributed by atoms with Crippen LogP contribution in [0.15, 0.2) is 42.5 Å². The fourth-order valence-corrected chi connectivity index (χ4v) is 2.81. The Morgan fingerprint density at radius 1 is 1.15 bits per heavy atom. The molecule has 0 saturated heterocycles. The minimum absolute atomic E-state index is 0.210. The molecule has 20 heavy (non-hydrogen) atoms. The van der Waals surface area contributed by atoms with Crippen LogP contribution in [0.5, 0.6) is 5.75 Å². The molecular weight excluding hydrogens is 272 g/mol. The van der Waals surface area contributed by atoms with Gasteiger partial charge in [0, 0.05) is 17.0 Å². The van der Waals surface area contributed by atoms with Gasteiger partial charge >= 0.3 is 0 Å². The van der Waals surface area contributed by atoms with Crippen LogP contribution >= 0.6 is 11.6 Å². The molecular formula is C17H17ClO2. The zero-order chi connectivity index (χ0) is 14.3. The summed E-state index contributed by atoms with van der Waals surface area (Å²) in [5.74, 6) is 0.819. The highest BCUT2D eigenvalue weighted by atomic mass is 35.5. The average Bonchev–Trinajstić information content (AvgIpc) is 2.72. The average molecular weight is 289 g/mol. The number of halogens is 1. The maximum absolute atomic E-state index is 10.6. The van der Waals surface area contributed by atoms with Crippen molar-refractivity contribution in [2.45, 2.75) is 32.0 Å². The summed E-state index contributed by atoms with van der Waals surface area (Å²) in [4.78, 5) is 0. The first-order valence-corrected chi connectivity index (χ1v) is 7.08. The first kappa shape index (κ1) is 13.5. The van der Waals surface area contributed by atoms with E-state index in [4.69, 9.17) is 16.3 Å². The number of ether oxygens (including phenoxy) is 1. The minimum Gasteiger partial charge on any atom is -0.487 e. The van der Waals surface area contributed by atoms with Crippen LogP contribution in [0.4, 0.5) is 0 Å².